The molecule has 10 nitrogen and oxygen atoms in total. The van der Waals surface area contributed by atoms with Crippen LogP contribution in [-0.4, -0.2) is 64.7 Å². The van der Waals surface area contributed by atoms with E-state index in [4.69, 9.17) is 4.74 Å². The smallest absolute Gasteiger partial charge is 0.255 e. The van der Waals surface area contributed by atoms with Crippen LogP contribution in [0.5, 0.6) is 11.5 Å². The molecule has 2 N–H and O–H groups in total. The molecule has 1 fully saturated rings. The molecule has 1 amide bonds. The number of hydrogen-bond donors (Lipinski definition) is 2. The maximum Gasteiger partial charge on any atom is 0.255 e. The van der Waals surface area contributed by atoms with Crippen molar-refractivity contribution in [3.05, 3.63) is 42.0 Å². The van der Waals surface area contributed by atoms with Crippen molar-refractivity contribution in [3.63, 3.8) is 0 Å². The first kappa shape index (κ1) is 24.8. The second-order valence-corrected chi connectivity index (χ2v) is 11.3. The number of nitrogens with one attached hydrogen (secondary N) is 1. The molecule has 0 aliphatic carbocycles. The molecule has 1 heterocycles. The standard InChI is InChI=1S/C21H27N3O7S2/c1-4-23(5-2)33(29,30)20-13-15(7-10-19(20)31-3)21(26)22-17-14-16(8-9-18(17)25)24-11-6-12-32(24,27)28/h7-10,13-14,25H,4-6,11-12H2,1-3H3,(H,22,26). The lowest BCUT2D eigenvalue weighted by atomic mass is 10.2. The molecule has 0 atom stereocenters. The summed E-state index contributed by atoms with van der Waals surface area (Å²) < 4.78 is 58.1. The second kappa shape index (κ2) is 9.57. The minimum absolute atomic E-state index is 0.00330. The minimum Gasteiger partial charge on any atom is -0.506 e. The Kier molecular flexibility index (Phi) is 7.20. The minimum atomic E-state index is -3.91. The molecular formula is C21H27N3O7S2. The summed E-state index contributed by atoms with van der Waals surface area (Å²) in [4.78, 5) is 12.8. The zero-order valence-electron chi connectivity index (χ0n) is 18.6. The quantitative estimate of drug-likeness (QED) is 0.534. The van der Waals surface area contributed by atoms with Gasteiger partial charge in [0.2, 0.25) is 20.0 Å². The van der Waals surface area contributed by atoms with E-state index in [1.165, 1.54) is 52.1 Å². The van der Waals surface area contributed by atoms with Crippen LogP contribution >= 0.6 is 0 Å². The maximum atomic E-state index is 13.0. The predicted octanol–water partition coefficient (Wildman–Crippen LogP) is 2.22. The Labute approximate surface area is 193 Å². The number of benzene rings is 2. The number of hydrogen-bond acceptors (Lipinski definition) is 7. The van der Waals surface area contributed by atoms with Crippen molar-refractivity contribution in [2.45, 2.75) is 25.2 Å². The summed E-state index contributed by atoms with van der Waals surface area (Å²) >= 11 is 0. The average Bonchev–Trinajstić information content (AvgIpc) is 3.14. The van der Waals surface area contributed by atoms with E-state index in [0.29, 0.717) is 18.7 Å². The van der Waals surface area contributed by atoms with Crippen LogP contribution < -0.4 is 14.4 Å². The van der Waals surface area contributed by atoms with Gasteiger partial charge in [0, 0.05) is 25.2 Å². The number of aromatic hydroxyl groups is 1. The van der Waals surface area contributed by atoms with E-state index in [9.17, 15) is 26.7 Å². The van der Waals surface area contributed by atoms with Crippen molar-refractivity contribution in [1.29, 1.82) is 0 Å². The first-order valence-electron chi connectivity index (χ1n) is 10.4. The third kappa shape index (κ3) is 4.92. The molecule has 2 aromatic carbocycles. The number of carbonyl (C=O) groups excluding carboxylic acids is 1. The van der Waals surface area contributed by atoms with E-state index < -0.39 is 26.0 Å². The van der Waals surface area contributed by atoms with Gasteiger partial charge in [-0.2, -0.15) is 4.31 Å². The van der Waals surface area contributed by atoms with Crippen molar-refractivity contribution < 1.29 is 31.5 Å². The molecule has 0 bridgehead atoms. The van der Waals surface area contributed by atoms with Gasteiger partial charge in [0.15, 0.2) is 0 Å². The molecule has 180 valence electrons. The van der Waals surface area contributed by atoms with E-state index in [1.807, 2.05) is 0 Å². The monoisotopic (exact) mass is 497 g/mol. The summed E-state index contributed by atoms with van der Waals surface area (Å²) in [6.45, 7) is 4.23. The van der Waals surface area contributed by atoms with Gasteiger partial charge in [0.25, 0.3) is 5.91 Å². The van der Waals surface area contributed by atoms with Gasteiger partial charge in [-0.25, -0.2) is 16.8 Å². The fourth-order valence-electron chi connectivity index (χ4n) is 3.63. The number of anilines is 2. The lowest BCUT2D eigenvalue weighted by Gasteiger charge is -2.20. The Morgan fingerprint density at radius 3 is 2.45 bits per heavy atom. The Hall–Kier alpha value is -2.83. The first-order valence-corrected chi connectivity index (χ1v) is 13.4. The largest absolute Gasteiger partial charge is 0.506 e. The van der Waals surface area contributed by atoms with E-state index in [0.717, 1.165) is 0 Å². The summed E-state index contributed by atoms with van der Waals surface area (Å²) in [7, 11) is -6.01. The van der Waals surface area contributed by atoms with Crippen molar-refractivity contribution >= 4 is 37.3 Å². The molecule has 1 aliphatic heterocycles. The number of phenols is 1. The zero-order chi connectivity index (χ0) is 24.4. The molecular weight excluding hydrogens is 470 g/mol. The van der Waals surface area contributed by atoms with Gasteiger partial charge in [-0.1, -0.05) is 13.8 Å². The predicted molar refractivity (Wildman–Crippen MR) is 125 cm³/mol. The Morgan fingerprint density at radius 2 is 1.88 bits per heavy atom. The maximum absolute atomic E-state index is 13.0. The summed E-state index contributed by atoms with van der Waals surface area (Å²) in [5, 5.41) is 12.7. The topological polar surface area (TPSA) is 133 Å². The summed E-state index contributed by atoms with van der Waals surface area (Å²) in [5.74, 6) is -0.799. The molecule has 12 heteroatoms. The molecule has 0 unspecified atom stereocenters. The number of rotatable bonds is 8. The van der Waals surface area contributed by atoms with Crippen LogP contribution in [0, 0.1) is 0 Å². The van der Waals surface area contributed by atoms with Crippen LogP contribution in [0.2, 0.25) is 0 Å². The van der Waals surface area contributed by atoms with Gasteiger partial charge >= 0.3 is 0 Å². The number of sulfonamides is 2. The van der Waals surface area contributed by atoms with Crippen molar-refractivity contribution in [1.82, 2.24) is 4.31 Å². The van der Waals surface area contributed by atoms with Crippen LogP contribution in [0.25, 0.3) is 0 Å². The molecule has 0 saturated carbocycles. The third-order valence-corrected chi connectivity index (χ3v) is 9.31. The second-order valence-electron chi connectivity index (χ2n) is 7.35. The highest BCUT2D eigenvalue weighted by Crippen LogP contribution is 2.33. The molecule has 1 saturated heterocycles. The summed E-state index contributed by atoms with van der Waals surface area (Å²) in [5.41, 5.74) is 0.351. The number of ether oxygens (including phenoxy) is 1. The van der Waals surface area contributed by atoms with Crippen LogP contribution in [0.3, 0.4) is 0 Å². The van der Waals surface area contributed by atoms with Crippen LogP contribution in [0.1, 0.15) is 30.6 Å². The number of amides is 1. The molecule has 3 rings (SSSR count). The fourth-order valence-corrected chi connectivity index (χ4v) is 6.82. The Bertz CT molecular complexity index is 1260. The highest BCUT2D eigenvalue weighted by atomic mass is 32.2. The number of phenolic OH excluding ortho intramolecular Hbond substituents is 1. The van der Waals surface area contributed by atoms with E-state index in [1.54, 1.807) is 13.8 Å². The van der Waals surface area contributed by atoms with Gasteiger partial charge in [-0.3, -0.25) is 9.10 Å². The van der Waals surface area contributed by atoms with Crippen molar-refractivity contribution in [2.24, 2.45) is 0 Å². The number of nitrogens with zero attached hydrogens (tertiary/aromatic N) is 2. The first-order chi connectivity index (χ1) is 15.5. The highest BCUT2D eigenvalue weighted by Gasteiger charge is 2.29. The lowest BCUT2D eigenvalue weighted by molar-refractivity contribution is 0.102. The summed E-state index contributed by atoms with van der Waals surface area (Å²) in [6, 6.07) is 8.12. The lowest BCUT2D eigenvalue weighted by Crippen LogP contribution is -2.31. The van der Waals surface area contributed by atoms with Crippen molar-refractivity contribution in [2.75, 3.05) is 42.1 Å². The SMILES string of the molecule is CCN(CC)S(=O)(=O)c1cc(C(=O)Nc2cc(N3CCCS3(=O)=O)ccc2O)ccc1OC. The van der Waals surface area contributed by atoms with Crippen LogP contribution in [0.15, 0.2) is 41.3 Å². The van der Waals surface area contributed by atoms with Crippen molar-refractivity contribution in [3.8, 4) is 11.5 Å². The number of carbonyl (C=O) groups is 1. The summed E-state index contributed by atoms with van der Waals surface area (Å²) in [6.07, 6.45) is 0.487. The molecule has 33 heavy (non-hydrogen) atoms. The van der Waals surface area contributed by atoms with E-state index in [2.05, 4.69) is 5.32 Å². The van der Waals surface area contributed by atoms with Gasteiger partial charge in [-0.05, 0) is 42.8 Å². The van der Waals surface area contributed by atoms with Crippen LogP contribution in [-0.2, 0) is 20.0 Å². The van der Waals surface area contributed by atoms with Gasteiger partial charge in [0.05, 0.1) is 24.2 Å². The third-order valence-electron chi connectivity index (χ3n) is 5.36. The van der Waals surface area contributed by atoms with Gasteiger partial charge in [0.1, 0.15) is 16.4 Å². The normalized spacial score (nSPS) is 15.6. The number of methoxy groups -OCH3 is 1. The van der Waals surface area contributed by atoms with E-state index >= 15 is 0 Å². The average molecular weight is 498 g/mol. The van der Waals surface area contributed by atoms with E-state index in [-0.39, 0.29) is 46.5 Å². The molecule has 0 radical (unpaired) electrons. The fraction of sp³-hybridized carbons (Fsp3) is 0.381. The highest BCUT2D eigenvalue weighted by molar-refractivity contribution is 7.93. The molecule has 2 aromatic rings. The van der Waals surface area contributed by atoms with Gasteiger partial charge in [-0.15, -0.1) is 0 Å². The van der Waals surface area contributed by atoms with Gasteiger partial charge < -0.3 is 15.2 Å². The zero-order valence-corrected chi connectivity index (χ0v) is 20.2. The molecule has 0 spiro atoms. The van der Waals surface area contributed by atoms with Crippen LogP contribution in [0.4, 0.5) is 11.4 Å². The molecule has 1 aliphatic rings. The Morgan fingerprint density at radius 1 is 1.18 bits per heavy atom. The Balaban J connectivity index is 1.95. The molecule has 0 aromatic heterocycles.